The summed E-state index contributed by atoms with van der Waals surface area (Å²) in [6.45, 7) is 14.5. The first-order valence-electron chi connectivity index (χ1n) is 7.28. The molecule has 3 nitrogen and oxygen atoms in total. The van der Waals surface area contributed by atoms with Crippen LogP contribution >= 0.6 is 0 Å². The first kappa shape index (κ1) is 16.9. The van der Waals surface area contributed by atoms with Gasteiger partial charge in [0.05, 0.1) is 0 Å². The zero-order valence-electron chi connectivity index (χ0n) is 12.3. The molecule has 0 fully saturated rings. The summed E-state index contributed by atoms with van der Waals surface area (Å²) < 4.78 is 0. The van der Waals surface area contributed by atoms with Crippen LogP contribution in [0, 0.1) is 5.92 Å². The molecule has 0 rings (SSSR count). The molecule has 0 amide bonds. The molecule has 0 bridgehead atoms. The van der Waals surface area contributed by atoms with Crippen LogP contribution in [0.1, 0.15) is 47.0 Å². The first-order chi connectivity index (χ1) is 8.10. The van der Waals surface area contributed by atoms with Crippen molar-refractivity contribution < 1.29 is 0 Å². The van der Waals surface area contributed by atoms with Gasteiger partial charge in [-0.1, -0.05) is 27.7 Å². The minimum Gasteiger partial charge on any atom is -0.327 e. The van der Waals surface area contributed by atoms with E-state index in [1.54, 1.807) is 0 Å². The summed E-state index contributed by atoms with van der Waals surface area (Å²) in [6.07, 6.45) is 3.66. The Morgan fingerprint density at radius 3 is 2.29 bits per heavy atom. The molecule has 0 aliphatic rings. The van der Waals surface area contributed by atoms with Crippen molar-refractivity contribution in [3.05, 3.63) is 0 Å². The van der Waals surface area contributed by atoms with E-state index >= 15 is 0 Å². The van der Waals surface area contributed by atoms with Crippen molar-refractivity contribution in [1.82, 2.24) is 10.2 Å². The quantitative estimate of drug-likeness (QED) is 0.546. The minimum atomic E-state index is 0.317. The number of hydrogen-bond acceptors (Lipinski definition) is 3. The molecule has 1 atom stereocenters. The molecule has 0 spiro atoms. The Kier molecular flexibility index (Phi) is 10.9. The molecular formula is C14H33N3. The van der Waals surface area contributed by atoms with Crippen LogP contribution in [0.15, 0.2) is 0 Å². The molecule has 1 unspecified atom stereocenters. The number of nitrogens with two attached hydrogens (primary N) is 1. The Morgan fingerprint density at radius 2 is 1.76 bits per heavy atom. The molecular weight excluding hydrogens is 210 g/mol. The highest BCUT2D eigenvalue weighted by molar-refractivity contribution is 4.66. The lowest BCUT2D eigenvalue weighted by atomic mass is 10.0. The number of unbranched alkanes of at least 4 members (excludes halogenated alkanes) is 1. The van der Waals surface area contributed by atoms with E-state index in [2.05, 4.69) is 37.9 Å². The van der Waals surface area contributed by atoms with Crippen molar-refractivity contribution in [2.75, 3.05) is 32.7 Å². The van der Waals surface area contributed by atoms with Gasteiger partial charge in [0.1, 0.15) is 0 Å². The van der Waals surface area contributed by atoms with Gasteiger partial charge >= 0.3 is 0 Å². The number of rotatable bonds is 11. The van der Waals surface area contributed by atoms with Crippen LogP contribution in [0.3, 0.4) is 0 Å². The Hall–Kier alpha value is -0.120. The van der Waals surface area contributed by atoms with Crippen LogP contribution in [0.25, 0.3) is 0 Å². The maximum absolute atomic E-state index is 6.01. The Balaban J connectivity index is 3.28. The van der Waals surface area contributed by atoms with Gasteiger partial charge in [0.15, 0.2) is 0 Å². The fraction of sp³-hybridized carbons (Fsp3) is 1.00. The van der Waals surface area contributed by atoms with Crippen LogP contribution in [-0.4, -0.2) is 43.7 Å². The largest absolute Gasteiger partial charge is 0.327 e. The minimum absolute atomic E-state index is 0.317. The first-order valence-corrected chi connectivity index (χ1v) is 7.28. The van der Waals surface area contributed by atoms with Crippen molar-refractivity contribution in [1.29, 1.82) is 0 Å². The maximum atomic E-state index is 6.01. The van der Waals surface area contributed by atoms with Crippen LogP contribution in [-0.2, 0) is 0 Å². The second-order valence-electron chi connectivity index (χ2n) is 5.33. The second kappa shape index (κ2) is 11.0. The lowest BCUT2D eigenvalue weighted by Crippen LogP contribution is -2.35. The Labute approximate surface area is 108 Å². The fourth-order valence-corrected chi connectivity index (χ4v) is 2.10. The topological polar surface area (TPSA) is 41.3 Å². The van der Waals surface area contributed by atoms with Crippen LogP contribution in [0.4, 0.5) is 0 Å². The predicted octanol–water partition coefficient (Wildman–Crippen LogP) is 2.07. The molecule has 0 aliphatic heterocycles. The van der Waals surface area contributed by atoms with Crippen molar-refractivity contribution in [2.24, 2.45) is 11.7 Å². The molecule has 3 heteroatoms. The van der Waals surface area contributed by atoms with Gasteiger partial charge in [0.2, 0.25) is 0 Å². The van der Waals surface area contributed by atoms with Crippen molar-refractivity contribution in [3.8, 4) is 0 Å². The SMILES string of the molecule is CCN(CC)CCCCNCC(N)CC(C)C. The predicted molar refractivity (Wildman–Crippen MR) is 77.3 cm³/mol. The van der Waals surface area contributed by atoms with Crippen molar-refractivity contribution in [2.45, 2.75) is 53.0 Å². The van der Waals surface area contributed by atoms with Gasteiger partial charge in [-0.05, 0) is 51.4 Å². The molecule has 0 heterocycles. The smallest absolute Gasteiger partial charge is 0.0167 e. The normalized spacial score (nSPS) is 13.6. The van der Waals surface area contributed by atoms with Crippen molar-refractivity contribution >= 4 is 0 Å². The third kappa shape index (κ3) is 10.7. The summed E-state index contributed by atoms with van der Waals surface area (Å²) in [6, 6.07) is 0.317. The van der Waals surface area contributed by atoms with E-state index in [9.17, 15) is 0 Å². The van der Waals surface area contributed by atoms with E-state index in [-0.39, 0.29) is 0 Å². The van der Waals surface area contributed by atoms with Gasteiger partial charge in [0, 0.05) is 12.6 Å². The summed E-state index contributed by atoms with van der Waals surface area (Å²) in [5, 5.41) is 3.46. The summed E-state index contributed by atoms with van der Waals surface area (Å²) in [7, 11) is 0. The summed E-state index contributed by atoms with van der Waals surface area (Å²) in [4.78, 5) is 2.48. The molecule has 0 saturated carbocycles. The Bertz CT molecular complexity index is 156. The van der Waals surface area contributed by atoms with E-state index in [0.717, 1.165) is 19.5 Å². The highest BCUT2D eigenvalue weighted by atomic mass is 15.1. The molecule has 0 aromatic rings. The zero-order valence-corrected chi connectivity index (χ0v) is 12.3. The van der Waals surface area contributed by atoms with Crippen LogP contribution in [0.2, 0.25) is 0 Å². The molecule has 0 aliphatic carbocycles. The van der Waals surface area contributed by atoms with Gasteiger partial charge < -0.3 is 16.0 Å². The fourth-order valence-electron chi connectivity index (χ4n) is 2.10. The average Bonchev–Trinajstić information content (AvgIpc) is 2.27. The van der Waals surface area contributed by atoms with Gasteiger partial charge in [-0.3, -0.25) is 0 Å². The molecule has 0 aromatic heterocycles. The van der Waals surface area contributed by atoms with E-state index in [4.69, 9.17) is 5.73 Å². The van der Waals surface area contributed by atoms with Crippen molar-refractivity contribution in [3.63, 3.8) is 0 Å². The van der Waals surface area contributed by atoms with E-state index in [1.165, 1.54) is 32.5 Å². The number of hydrogen-bond donors (Lipinski definition) is 2. The van der Waals surface area contributed by atoms with Gasteiger partial charge in [-0.2, -0.15) is 0 Å². The molecule has 0 saturated heterocycles. The molecule has 104 valence electrons. The highest BCUT2D eigenvalue weighted by Gasteiger charge is 2.04. The van der Waals surface area contributed by atoms with E-state index in [0.29, 0.717) is 12.0 Å². The van der Waals surface area contributed by atoms with Crippen LogP contribution in [0.5, 0.6) is 0 Å². The van der Waals surface area contributed by atoms with Crippen LogP contribution < -0.4 is 11.1 Å². The molecule has 0 aromatic carbocycles. The number of nitrogens with zero attached hydrogens (tertiary/aromatic N) is 1. The zero-order chi connectivity index (χ0) is 13.1. The summed E-state index contributed by atoms with van der Waals surface area (Å²) >= 11 is 0. The maximum Gasteiger partial charge on any atom is 0.0167 e. The summed E-state index contributed by atoms with van der Waals surface area (Å²) in [5.74, 6) is 0.703. The second-order valence-corrected chi connectivity index (χ2v) is 5.33. The molecule has 17 heavy (non-hydrogen) atoms. The third-order valence-electron chi connectivity index (χ3n) is 3.15. The highest BCUT2D eigenvalue weighted by Crippen LogP contribution is 2.01. The molecule has 3 N–H and O–H groups in total. The van der Waals surface area contributed by atoms with Gasteiger partial charge in [-0.25, -0.2) is 0 Å². The lowest BCUT2D eigenvalue weighted by molar-refractivity contribution is 0.296. The summed E-state index contributed by atoms with van der Waals surface area (Å²) in [5.41, 5.74) is 6.01. The number of nitrogens with one attached hydrogen (secondary N) is 1. The van der Waals surface area contributed by atoms with Gasteiger partial charge in [-0.15, -0.1) is 0 Å². The Morgan fingerprint density at radius 1 is 1.12 bits per heavy atom. The monoisotopic (exact) mass is 243 g/mol. The van der Waals surface area contributed by atoms with E-state index < -0.39 is 0 Å². The standard InChI is InChI=1S/C14H33N3/c1-5-17(6-2)10-8-7-9-16-12-14(15)11-13(3)4/h13-14,16H,5-12,15H2,1-4H3. The van der Waals surface area contributed by atoms with E-state index in [1.807, 2.05) is 0 Å². The molecule has 0 radical (unpaired) electrons. The average molecular weight is 243 g/mol. The van der Waals surface area contributed by atoms with Gasteiger partial charge in [0.25, 0.3) is 0 Å². The third-order valence-corrected chi connectivity index (χ3v) is 3.15. The lowest BCUT2D eigenvalue weighted by Gasteiger charge is -2.18.